The van der Waals surface area contributed by atoms with Crippen LogP contribution in [0.2, 0.25) is 0 Å². The van der Waals surface area contributed by atoms with Crippen LogP contribution < -0.4 is 15.4 Å². The lowest BCUT2D eigenvalue weighted by Gasteiger charge is -2.14. The maximum atomic E-state index is 13.1. The Morgan fingerprint density at radius 3 is 2.76 bits per heavy atom. The first-order valence-electron chi connectivity index (χ1n) is 10.4. The van der Waals surface area contributed by atoms with E-state index >= 15 is 0 Å². The number of hydrogen-bond donors (Lipinski definition) is 2. The summed E-state index contributed by atoms with van der Waals surface area (Å²) in [5.41, 5.74) is 3.46. The molecule has 0 unspecified atom stereocenters. The van der Waals surface area contributed by atoms with Crippen LogP contribution in [0.25, 0.3) is 0 Å². The van der Waals surface area contributed by atoms with E-state index in [0.717, 1.165) is 11.3 Å². The number of hydrogen-bond acceptors (Lipinski definition) is 5. The molecule has 0 atom stereocenters. The second-order valence-corrected chi connectivity index (χ2v) is 7.45. The van der Waals surface area contributed by atoms with Gasteiger partial charge in [-0.25, -0.2) is 9.37 Å². The summed E-state index contributed by atoms with van der Waals surface area (Å²) < 4.78 is 19.1. The fraction of sp³-hybridized carbons (Fsp3) is 0.115. The Hall–Kier alpha value is -4.26. The van der Waals surface area contributed by atoms with Gasteiger partial charge in [0.05, 0.1) is 18.0 Å². The average molecular weight is 442 g/mol. The van der Waals surface area contributed by atoms with Crippen LogP contribution >= 0.6 is 0 Å². The summed E-state index contributed by atoms with van der Waals surface area (Å²) >= 11 is 0. The van der Waals surface area contributed by atoms with Crippen molar-refractivity contribution in [2.45, 2.75) is 13.5 Å². The van der Waals surface area contributed by atoms with Crippen LogP contribution in [0, 0.1) is 12.7 Å². The number of carbonyl (C=O) groups excluding carboxylic acids is 1. The smallest absolute Gasteiger partial charge is 0.251 e. The standard InChI is InChI=1S/C26H23FN4O2/c1-17-22(26(32)30-16-19-8-10-20(27)11-9-19)5-3-7-24(17)33-21-12-14-29-25(15-21)31-18(2)23-6-4-13-28-23/h3-12,14-15H,2,13,16H2,1H3,(H,29,31)(H,30,32). The van der Waals surface area contributed by atoms with E-state index in [9.17, 15) is 9.18 Å². The molecule has 0 aliphatic carbocycles. The highest BCUT2D eigenvalue weighted by Gasteiger charge is 2.14. The zero-order chi connectivity index (χ0) is 23.2. The highest BCUT2D eigenvalue weighted by atomic mass is 19.1. The van der Waals surface area contributed by atoms with Crippen molar-refractivity contribution >= 4 is 17.4 Å². The maximum absolute atomic E-state index is 13.1. The van der Waals surface area contributed by atoms with E-state index in [-0.39, 0.29) is 11.7 Å². The van der Waals surface area contributed by atoms with Crippen molar-refractivity contribution in [3.63, 3.8) is 0 Å². The molecule has 166 valence electrons. The fourth-order valence-electron chi connectivity index (χ4n) is 3.30. The molecule has 2 aromatic carbocycles. The molecule has 1 aliphatic rings. The number of anilines is 1. The molecule has 1 aromatic heterocycles. The molecule has 2 N–H and O–H groups in total. The summed E-state index contributed by atoms with van der Waals surface area (Å²) in [6.07, 6.45) is 5.50. The van der Waals surface area contributed by atoms with Gasteiger partial charge in [-0.05, 0) is 48.9 Å². The van der Waals surface area contributed by atoms with E-state index in [1.807, 2.05) is 19.1 Å². The predicted molar refractivity (Wildman–Crippen MR) is 127 cm³/mol. The Morgan fingerprint density at radius 2 is 2.00 bits per heavy atom. The molecular formula is C26H23FN4O2. The van der Waals surface area contributed by atoms with E-state index in [4.69, 9.17) is 4.74 Å². The zero-order valence-electron chi connectivity index (χ0n) is 18.1. The molecule has 0 fully saturated rings. The number of rotatable bonds is 8. The molecule has 0 saturated carbocycles. The van der Waals surface area contributed by atoms with Crippen LogP contribution in [0.5, 0.6) is 11.5 Å². The number of amides is 1. The number of aromatic nitrogens is 1. The van der Waals surface area contributed by atoms with Crippen LogP contribution in [0.3, 0.4) is 0 Å². The zero-order valence-corrected chi connectivity index (χ0v) is 18.1. The topological polar surface area (TPSA) is 75.6 Å². The summed E-state index contributed by atoms with van der Waals surface area (Å²) in [4.78, 5) is 21.4. The van der Waals surface area contributed by atoms with Crippen molar-refractivity contribution in [2.75, 3.05) is 11.9 Å². The average Bonchev–Trinajstić information content (AvgIpc) is 3.35. The van der Waals surface area contributed by atoms with E-state index in [1.165, 1.54) is 12.1 Å². The third-order valence-corrected chi connectivity index (χ3v) is 5.09. The summed E-state index contributed by atoms with van der Waals surface area (Å²) in [7, 11) is 0. The van der Waals surface area contributed by atoms with Crippen LogP contribution in [0.15, 0.2) is 90.2 Å². The summed E-state index contributed by atoms with van der Waals surface area (Å²) in [6.45, 7) is 6.78. The van der Waals surface area contributed by atoms with Gasteiger partial charge in [-0.2, -0.15) is 0 Å². The van der Waals surface area contributed by atoms with Gasteiger partial charge in [0.2, 0.25) is 0 Å². The molecule has 6 nitrogen and oxygen atoms in total. The number of nitrogens with zero attached hydrogens (tertiary/aromatic N) is 2. The number of nitrogens with one attached hydrogen (secondary N) is 2. The Kier molecular flexibility index (Phi) is 6.59. The lowest BCUT2D eigenvalue weighted by molar-refractivity contribution is 0.0950. The van der Waals surface area contributed by atoms with Crippen LogP contribution in [-0.4, -0.2) is 23.1 Å². The van der Waals surface area contributed by atoms with Gasteiger partial charge < -0.3 is 15.4 Å². The SMILES string of the molecule is C=C(Nc1cc(Oc2cccc(C(=O)NCc3ccc(F)cc3)c2C)ccn1)C1=NCC=C1. The van der Waals surface area contributed by atoms with Gasteiger partial charge in [-0.3, -0.25) is 9.79 Å². The molecular weight excluding hydrogens is 419 g/mol. The van der Waals surface area contributed by atoms with Gasteiger partial charge in [-0.1, -0.05) is 30.9 Å². The van der Waals surface area contributed by atoms with Crippen molar-refractivity contribution in [2.24, 2.45) is 4.99 Å². The van der Waals surface area contributed by atoms with Crippen molar-refractivity contribution in [1.82, 2.24) is 10.3 Å². The third-order valence-electron chi connectivity index (χ3n) is 5.09. The Morgan fingerprint density at radius 1 is 1.18 bits per heavy atom. The number of ether oxygens (including phenoxy) is 1. The first-order chi connectivity index (χ1) is 16.0. The molecule has 33 heavy (non-hydrogen) atoms. The number of aliphatic imine (C=N–C) groups is 1. The minimum absolute atomic E-state index is 0.235. The summed E-state index contributed by atoms with van der Waals surface area (Å²) in [5, 5.41) is 6.00. The Bertz CT molecular complexity index is 1250. The monoisotopic (exact) mass is 442 g/mol. The summed E-state index contributed by atoms with van der Waals surface area (Å²) in [5.74, 6) is 1.15. The molecule has 3 aromatic rings. The molecule has 0 saturated heterocycles. The normalized spacial score (nSPS) is 12.2. The number of pyridine rings is 1. The van der Waals surface area contributed by atoms with Gasteiger partial charge in [0.15, 0.2) is 0 Å². The second-order valence-electron chi connectivity index (χ2n) is 7.45. The van der Waals surface area contributed by atoms with Crippen molar-refractivity contribution in [3.05, 3.63) is 108 Å². The van der Waals surface area contributed by atoms with Gasteiger partial charge in [0.25, 0.3) is 5.91 Å². The van der Waals surface area contributed by atoms with E-state index < -0.39 is 0 Å². The van der Waals surface area contributed by atoms with E-state index in [1.54, 1.807) is 48.7 Å². The fourth-order valence-corrected chi connectivity index (χ4v) is 3.30. The number of allylic oxidation sites excluding steroid dienone is 1. The van der Waals surface area contributed by atoms with E-state index in [2.05, 4.69) is 27.2 Å². The molecule has 2 heterocycles. The molecule has 7 heteroatoms. The molecule has 0 radical (unpaired) electrons. The number of carbonyl (C=O) groups is 1. The predicted octanol–water partition coefficient (Wildman–Crippen LogP) is 5.19. The van der Waals surface area contributed by atoms with E-state index in [0.29, 0.717) is 47.2 Å². The first-order valence-corrected chi connectivity index (χ1v) is 10.4. The Labute approximate surface area is 191 Å². The lowest BCUT2D eigenvalue weighted by Crippen LogP contribution is -2.23. The van der Waals surface area contributed by atoms with Crippen LogP contribution in [-0.2, 0) is 6.54 Å². The quantitative estimate of drug-likeness (QED) is 0.504. The van der Waals surface area contributed by atoms with Gasteiger partial charge in [0, 0.05) is 29.9 Å². The largest absolute Gasteiger partial charge is 0.457 e. The molecule has 0 bridgehead atoms. The minimum Gasteiger partial charge on any atom is -0.457 e. The summed E-state index contributed by atoms with van der Waals surface area (Å²) in [6, 6.07) is 14.8. The third kappa shape index (κ3) is 5.51. The molecule has 1 amide bonds. The van der Waals surface area contributed by atoms with Crippen molar-refractivity contribution in [1.29, 1.82) is 0 Å². The molecule has 0 spiro atoms. The highest BCUT2D eigenvalue weighted by molar-refractivity contribution is 6.10. The minimum atomic E-state index is -0.311. The lowest BCUT2D eigenvalue weighted by atomic mass is 10.1. The molecule has 1 aliphatic heterocycles. The maximum Gasteiger partial charge on any atom is 0.251 e. The van der Waals surface area contributed by atoms with Gasteiger partial charge in [0.1, 0.15) is 23.1 Å². The highest BCUT2D eigenvalue weighted by Crippen LogP contribution is 2.28. The molecule has 4 rings (SSSR count). The van der Waals surface area contributed by atoms with Crippen LogP contribution in [0.1, 0.15) is 21.5 Å². The number of halogens is 1. The first kappa shape index (κ1) is 22.0. The van der Waals surface area contributed by atoms with Crippen LogP contribution in [0.4, 0.5) is 10.2 Å². The van der Waals surface area contributed by atoms with Gasteiger partial charge >= 0.3 is 0 Å². The van der Waals surface area contributed by atoms with Crippen molar-refractivity contribution < 1.29 is 13.9 Å². The second kappa shape index (κ2) is 9.91. The number of benzene rings is 2. The van der Waals surface area contributed by atoms with Gasteiger partial charge in [-0.15, -0.1) is 0 Å². The van der Waals surface area contributed by atoms with Crippen molar-refractivity contribution in [3.8, 4) is 11.5 Å². The Balaban J connectivity index is 1.44.